The van der Waals surface area contributed by atoms with Crippen molar-refractivity contribution in [3.8, 4) is 23.1 Å². The number of aldehydes is 2. The second-order valence-electron chi connectivity index (χ2n) is 24.6. The number of rotatable bonds is 18. The van der Waals surface area contributed by atoms with Crippen molar-refractivity contribution in [2.75, 3.05) is 26.4 Å². The van der Waals surface area contributed by atoms with Crippen LogP contribution in [0.15, 0.2) is 233 Å². The van der Waals surface area contributed by atoms with Gasteiger partial charge in [-0.3, -0.25) is 14.2 Å². The number of ether oxygens (including phenoxy) is 7. The second-order valence-corrected chi connectivity index (χ2v) is 24.9. The van der Waals surface area contributed by atoms with E-state index in [0.29, 0.717) is 55.2 Å². The molecule has 554 valence electrons. The molecule has 4 saturated heterocycles. The zero-order chi connectivity index (χ0) is 73.9. The van der Waals surface area contributed by atoms with Crippen LogP contribution in [-0.4, -0.2) is 131 Å². The molecule has 0 bridgehead atoms. The van der Waals surface area contributed by atoms with E-state index in [1.807, 2.05) is 124 Å². The number of H-pyrrole nitrogens is 2. The van der Waals surface area contributed by atoms with E-state index in [2.05, 4.69) is 119 Å². The number of fused-ring (bicyclic) bond motifs is 4. The molecule has 9 aromatic heterocycles. The molecule has 19 rings (SSSR count). The molecule has 0 radical (unpaired) electrons. The molecule has 108 heavy (non-hydrogen) atoms. The first-order chi connectivity index (χ1) is 53.4. The van der Waals surface area contributed by atoms with Gasteiger partial charge < -0.3 is 66.5 Å². The summed E-state index contributed by atoms with van der Waals surface area (Å²) in [5, 5.41) is 20.0. The quantitative estimate of drug-likeness (QED) is 0.0531. The molecule has 4 unspecified atom stereocenters. The maximum absolute atomic E-state index is 10.5. The lowest BCUT2D eigenvalue weighted by Gasteiger charge is -2.15. The Morgan fingerprint density at radius 3 is 1.41 bits per heavy atom. The van der Waals surface area contributed by atoms with Gasteiger partial charge in [-0.1, -0.05) is 109 Å². The monoisotopic (exact) mass is 1480 g/mol. The summed E-state index contributed by atoms with van der Waals surface area (Å²) < 4.78 is 51.3. The summed E-state index contributed by atoms with van der Waals surface area (Å²) in [7, 11) is 0. The first-order valence-corrected chi connectivity index (χ1v) is 36.0. The Hall–Kier alpha value is -12.1. The SMILES string of the molecule is ClCc1nccn1C1CCCO1.O=Cc1ncc[nH]1.O=Cc1nccn1C1CCCO1.OCc1nccn1C1CCCO1.c1ccc2c(OCc3ncc[nH]3)cccc2c1.c1ccc2c(OCc3nccn3-c3ccnc4ncnn34)cccc2c1.c1ccc2c(OCc3nccn3C3CCCO3)cccc2c1. The van der Waals surface area contributed by atoms with Gasteiger partial charge in [0.2, 0.25) is 0 Å². The van der Waals surface area contributed by atoms with Crippen molar-refractivity contribution in [1.82, 2.24) is 87.3 Å². The Kier molecular flexibility index (Phi) is 26.3. The number of aromatic nitrogens is 18. The predicted molar refractivity (Wildman–Crippen MR) is 402 cm³/mol. The standard InChI is InChI=1S/C19H14N6O.C18H18N2O2.C14H12N2O.C8H11ClN2O.C8H12N2O2.C8H10N2O2.C4H4N2O/c1-2-6-15-14(4-1)5-3-7-16(15)26-12-17-20-10-11-24(17)18-8-9-21-19-22-13-23-25(18)19;1-2-7-15-14(5-1)6-3-8-16(15)22-13-17-19-10-11-20(17)18-9-4-12-21-18;1-2-6-12-11(4-1)5-3-7-13(12)17-10-14-15-8-9-16-14;9-6-7-10-3-4-11(7)8-2-1-5-12-8;2*11-6-7-9-3-4-10(7)8-2-1-5-12-8;7-3-4-5-1-2-6-4/h1-11,13H,12H2;1-3,5-8,10-11,18H,4,9,12-13H2;1-9H,10H2,(H,15,16);3-4,8H,1-2,5-6H2;3-4,8,11H,1-2,5-6H2;3-4,6,8H,1-2,5H2;1-3H,(H,5,6). The molecule has 0 saturated carbocycles. The summed E-state index contributed by atoms with van der Waals surface area (Å²) in [6, 6.07) is 44.6. The lowest BCUT2D eigenvalue weighted by Crippen LogP contribution is -2.12. The topological polar surface area (TPSA) is 309 Å². The number of carbonyl (C=O) groups excluding carboxylic acids is 2. The number of hydrogen-bond donors (Lipinski definition) is 3. The molecule has 3 N–H and O–H groups in total. The molecule has 15 aromatic rings. The van der Waals surface area contributed by atoms with Gasteiger partial charge in [-0.2, -0.15) is 14.6 Å². The first kappa shape index (κ1) is 74.2. The van der Waals surface area contributed by atoms with Crippen LogP contribution < -0.4 is 14.2 Å². The zero-order valence-electron chi connectivity index (χ0n) is 59.1. The molecule has 6 aromatic carbocycles. The normalized spacial score (nSPS) is 16.3. The molecule has 4 fully saturated rings. The van der Waals surface area contributed by atoms with Crippen LogP contribution in [0.4, 0.5) is 0 Å². The number of halogens is 1. The summed E-state index contributed by atoms with van der Waals surface area (Å²) >= 11 is 5.71. The number of hydrogen-bond acceptors (Lipinski definition) is 20. The average molecular weight is 1480 g/mol. The van der Waals surface area contributed by atoms with E-state index in [0.717, 1.165) is 152 Å². The molecule has 4 atom stereocenters. The number of nitrogens with zero attached hydrogens (tertiary/aromatic N) is 16. The number of aromatic amines is 2. The molecule has 4 aliphatic rings. The molecular weight excluding hydrogens is 1400 g/mol. The summed E-state index contributed by atoms with van der Waals surface area (Å²) in [6.45, 7) is 4.49. The Morgan fingerprint density at radius 2 is 0.907 bits per heavy atom. The molecule has 0 aliphatic carbocycles. The van der Waals surface area contributed by atoms with Crippen LogP contribution in [0.25, 0.3) is 43.9 Å². The number of carbonyl (C=O) groups is 2. The van der Waals surface area contributed by atoms with Crippen LogP contribution in [0.2, 0.25) is 0 Å². The van der Waals surface area contributed by atoms with E-state index in [1.165, 1.54) is 23.3 Å². The fourth-order valence-electron chi connectivity index (χ4n) is 12.6. The summed E-state index contributed by atoms with van der Waals surface area (Å²) in [5.74, 6) is 9.30. The highest BCUT2D eigenvalue weighted by Crippen LogP contribution is 2.32. The van der Waals surface area contributed by atoms with Crippen molar-refractivity contribution in [3.63, 3.8) is 0 Å². The molecule has 0 spiro atoms. The van der Waals surface area contributed by atoms with E-state index in [4.69, 9.17) is 49.9 Å². The fourth-order valence-corrected chi connectivity index (χ4v) is 12.8. The Morgan fingerprint density at radius 1 is 0.444 bits per heavy atom. The van der Waals surface area contributed by atoms with E-state index in [1.54, 1.807) is 64.9 Å². The third-order valence-corrected chi connectivity index (χ3v) is 18.1. The number of nitrogens with one attached hydrogen (secondary N) is 2. The van der Waals surface area contributed by atoms with Crippen molar-refractivity contribution < 1.29 is 47.9 Å². The van der Waals surface area contributed by atoms with Gasteiger partial charge in [0.1, 0.15) is 104 Å². The van der Waals surface area contributed by atoms with Crippen LogP contribution in [0.1, 0.15) is 127 Å². The van der Waals surface area contributed by atoms with Crippen LogP contribution in [0, 0.1) is 0 Å². The average Bonchev–Trinajstić information content (AvgIpc) is 1.49. The van der Waals surface area contributed by atoms with Crippen molar-refractivity contribution in [3.05, 3.63) is 274 Å². The van der Waals surface area contributed by atoms with Gasteiger partial charge in [0, 0.05) is 142 Å². The molecule has 0 amide bonds. The minimum Gasteiger partial charge on any atom is -0.485 e. The lowest BCUT2D eigenvalue weighted by molar-refractivity contribution is 0.0510. The summed E-state index contributed by atoms with van der Waals surface area (Å²) in [6.07, 6.45) is 38.1. The maximum Gasteiger partial charge on any atom is 0.254 e. The largest absolute Gasteiger partial charge is 0.485 e. The van der Waals surface area contributed by atoms with Crippen molar-refractivity contribution in [1.29, 1.82) is 0 Å². The van der Waals surface area contributed by atoms with E-state index in [-0.39, 0.29) is 31.5 Å². The van der Waals surface area contributed by atoms with Crippen LogP contribution in [0.5, 0.6) is 17.2 Å². The van der Waals surface area contributed by atoms with Gasteiger partial charge in [-0.25, -0.2) is 39.9 Å². The van der Waals surface area contributed by atoms with Gasteiger partial charge in [0.05, 0.1) is 5.88 Å². The highest BCUT2D eigenvalue weighted by Gasteiger charge is 2.23. The summed E-state index contributed by atoms with van der Waals surface area (Å²) in [5.41, 5.74) is 0. The lowest BCUT2D eigenvalue weighted by atomic mass is 10.1. The van der Waals surface area contributed by atoms with Crippen LogP contribution in [0.3, 0.4) is 0 Å². The van der Waals surface area contributed by atoms with Crippen molar-refractivity contribution in [2.24, 2.45) is 0 Å². The Bertz CT molecular complexity index is 5130. The molecular formula is C79H81ClN18O10. The number of aliphatic hydroxyl groups excluding tert-OH is 1. The Balaban J connectivity index is 0.000000115. The van der Waals surface area contributed by atoms with E-state index >= 15 is 0 Å². The van der Waals surface area contributed by atoms with Crippen molar-refractivity contribution in [2.45, 2.75) is 109 Å². The maximum atomic E-state index is 10.5. The minimum absolute atomic E-state index is 0.0210. The van der Waals surface area contributed by atoms with Gasteiger partial charge in [-0.05, 0) is 85.7 Å². The first-order valence-electron chi connectivity index (χ1n) is 35.5. The second kappa shape index (κ2) is 38.3. The zero-order valence-corrected chi connectivity index (χ0v) is 59.8. The van der Waals surface area contributed by atoms with E-state index < -0.39 is 0 Å². The number of benzene rings is 6. The van der Waals surface area contributed by atoms with Gasteiger partial charge in [0.25, 0.3) is 5.78 Å². The highest BCUT2D eigenvalue weighted by molar-refractivity contribution is 6.16. The van der Waals surface area contributed by atoms with Crippen LogP contribution >= 0.6 is 11.6 Å². The molecule has 4 aliphatic heterocycles. The third kappa shape index (κ3) is 19.1. The van der Waals surface area contributed by atoms with Crippen LogP contribution in [-0.2, 0) is 51.3 Å². The summed E-state index contributed by atoms with van der Waals surface area (Å²) in [4.78, 5) is 62.9. The van der Waals surface area contributed by atoms with Crippen molar-refractivity contribution >= 4 is 62.3 Å². The smallest absolute Gasteiger partial charge is 0.254 e. The molecule has 28 nitrogen and oxygen atoms in total. The molecule has 13 heterocycles. The highest BCUT2D eigenvalue weighted by atomic mass is 35.5. The van der Waals surface area contributed by atoms with Gasteiger partial charge >= 0.3 is 0 Å². The third-order valence-electron chi connectivity index (χ3n) is 17.8. The van der Waals surface area contributed by atoms with Gasteiger partial charge in [-0.15, -0.1) is 11.6 Å². The number of alkyl halides is 1. The molecule has 29 heteroatoms. The predicted octanol–water partition coefficient (Wildman–Crippen LogP) is 14.0. The fraction of sp³-hybridized carbons (Fsp3) is 0.266. The van der Waals surface area contributed by atoms with Gasteiger partial charge in [0.15, 0.2) is 30.0 Å². The number of aliphatic hydroxyl groups is 1. The Labute approximate surface area is 625 Å². The number of imidazole rings is 7. The minimum atomic E-state index is -0.0210. The van der Waals surface area contributed by atoms with E-state index in [9.17, 15) is 9.59 Å².